The van der Waals surface area contributed by atoms with Gasteiger partial charge in [0.2, 0.25) is 0 Å². The predicted molar refractivity (Wildman–Crippen MR) is 92.9 cm³/mol. The van der Waals surface area contributed by atoms with E-state index in [1.54, 1.807) is 23.5 Å². The van der Waals surface area contributed by atoms with Crippen molar-refractivity contribution in [3.8, 4) is 0 Å². The van der Waals surface area contributed by atoms with Crippen molar-refractivity contribution in [2.75, 3.05) is 6.54 Å². The molecule has 1 N–H and O–H groups in total. The van der Waals surface area contributed by atoms with E-state index in [0.717, 1.165) is 16.8 Å². The first kappa shape index (κ1) is 16.9. The molecule has 0 aliphatic carbocycles. The Labute approximate surface area is 142 Å². The molecule has 2 aromatic rings. The van der Waals surface area contributed by atoms with Gasteiger partial charge >= 0.3 is 0 Å². The maximum absolute atomic E-state index is 14.0. The van der Waals surface area contributed by atoms with Gasteiger partial charge < -0.3 is 5.32 Å². The van der Waals surface area contributed by atoms with Crippen LogP contribution in [0, 0.1) is 12.7 Å². The van der Waals surface area contributed by atoms with Gasteiger partial charge in [0.15, 0.2) is 0 Å². The number of aryl methyl sites for hydroxylation is 1. The second-order valence-electron chi connectivity index (χ2n) is 5.05. The van der Waals surface area contributed by atoms with Gasteiger partial charge in [-0.3, -0.25) is 0 Å². The van der Waals surface area contributed by atoms with Gasteiger partial charge in [-0.2, -0.15) is 0 Å². The molecule has 1 aromatic heterocycles. The Morgan fingerprint density at radius 1 is 1.38 bits per heavy atom. The molecule has 0 bridgehead atoms. The van der Waals surface area contributed by atoms with Crippen LogP contribution in [-0.2, 0) is 6.42 Å². The SMILES string of the molecule is CCCNC(Cc1ccc(Cl)cc1F)c1cc(C)c(Br)s1. The highest BCUT2D eigenvalue weighted by Gasteiger charge is 2.17. The van der Waals surface area contributed by atoms with Crippen molar-refractivity contribution in [2.45, 2.75) is 32.7 Å². The smallest absolute Gasteiger partial charge is 0.127 e. The van der Waals surface area contributed by atoms with Gasteiger partial charge in [0.1, 0.15) is 5.82 Å². The van der Waals surface area contributed by atoms with E-state index < -0.39 is 0 Å². The molecule has 0 amide bonds. The highest BCUT2D eigenvalue weighted by Crippen LogP contribution is 2.33. The zero-order valence-electron chi connectivity index (χ0n) is 12.1. The molecule has 5 heteroatoms. The zero-order chi connectivity index (χ0) is 15.4. The summed E-state index contributed by atoms with van der Waals surface area (Å²) in [5, 5.41) is 3.94. The molecule has 0 saturated carbocycles. The Kier molecular flexibility index (Phi) is 6.23. The molecule has 1 heterocycles. The molecule has 1 atom stereocenters. The molecule has 1 nitrogen and oxygen atoms in total. The first-order chi connectivity index (χ1) is 10.0. The molecule has 0 aliphatic rings. The molecule has 114 valence electrons. The average Bonchev–Trinajstić information content (AvgIpc) is 2.77. The van der Waals surface area contributed by atoms with Crippen molar-refractivity contribution in [1.29, 1.82) is 0 Å². The van der Waals surface area contributed by atoms with E-state index in [0.29, 0.717) is 17.0 Å². The lowest BCUT2D eigenvalue weighted by Gasteiger charge is -2.17. The second-order valence-corrected chi connectivity index (χ2v) is 7.89. The molecule has 1 unspecified atom stereocenters. The highest BCUT2D eigenvalue weighted by atomic mass is 79.9. The Bertz CT molecular complexity index is 595. The summed E-state index contributed by atoms with van der Waals surface area (Å²) in [6.07, 6.45) is 1.67. The third-order valence-electron chi connectivity index (χ3n) is 3.30. The minimum absolute atomic E-state index is 0.121. The highest BCUT2D eigenvalue weighted by molar-refractivity contribution is 9.11. The summed E-state index contributed by atoms with van der Waals surface area (Å²) in [5.74, 6) is -0.238. The fourth-order valence-corrected chi connectivity index (χ4v) is 3.96. The molecule has 1 aromatic carbocycles. The number of hydrogen-bond acceptors (Lipinski definition) is 2. The van der Waals surface area contributed by atoms with Gasteiger partial charge in [-0.15, -0.1) is 11.3 Å². The van der Waals surface area contributed by atoms with Crippen LogP contribution in [-0.4, -0.2) is 6.54 Å². The fourth-order valence-electron chi connectivity index (χ4n) is 2.15. The number of hydrogen-bond donors (Lipinski definition) is 1. The summed E-state index contributed by atoms with van der Waals surface area (Å²) in [6, 6.07) is 7.18. The second kappa shape index (κ2) is 7.73. The standard InChI is InChI=1S/C16H18BrClFNS/c1-3-6-20-14(15-7-10(2)16(17)21-15)8-11-4-5-12(18)9-13(11)19/h4-5,7,9,14,20H,3,6,8H2,1-2H3. The van der Waals surface area contributed by atoms with Crippen LogP contribution in [0.2, 0.25) is 5.02 Å². The van der Waals surface area contributed by atoms with Crippen molar-refractivity contribution in [2.24, 2.45) is 0 Å². The van der Waals surface area contributed by atoms with Gasteiger partial charge in [0.05, 0.1) is 3.79 Å². The van der Waals surface area contributed by atoms with Crippen LogP contribution < -0.4 is 5.32 Å². The van der Waals surface area contributed by atoms with Crippen LogP contribution >= 0.6 is 38.9 Å². The lowest BCUT2D eigenvalue weighted by molar-refractivity contribution is 0.519. The third-order valence-corrected chi connectivity index (χ3v) is 5.78. The van der Waals surface area contributed by atoms with Gasteiger partial charge in [0, 0.05) is 15.9 Å². The quantitative estimate of drug-likeness (QED) is 0.648. The topological polar surface area (TPSA) is 12.0 Å². The van der Waals surface area contributed by atoms with E-state index >= 15 is 0 Å². The number of rotatable bonds is 6. The van der Waals surface area contributed by atoms with E-state index in [4.69, 9.17) is 11.6 Å². The molecule has 0 saturated heterocycles. The van der Waals surface area contributed by atoms with Crippen LogP contribution in [0.15, 0.2) is 28.1 Å². The van der Waals surface area contributed by atoms with Gasteiger partial charge in [-0.05, 0) is 71.6 Å². The Morgan fingerprint density at radius 2 is 2.14 bits per heavy atom. The minimum Gasteiger partial charge on any atom is -0.309 e. The number of halogens is 3. The monoisotopic (exact) mass is 389 g/mol. The lowest BCUT2D eigenvalue weighted by atomic mass is 10.0. The molecular weight excluding hydrogens is 373 g/mol. The molecule has 0 radical (unpaired) electrons. The van der Waals surface area contributed by atoms with E-state index in [1.807, 2.05) is 0 Å². The molecule has 0 aliphatic heterocycles. The van der Waals surface area contributed by atoms with Crippen LogP contribution in [0.1, 0.15) is 35.4 Å². The number of benzene rings is 1. The van der Waals surface area contributed by atoms with E-state index in [1.165, 1.54) is 16.5 Å². The fraction of sp³-hybridized carbons (Fsp3) is 0.375. The average molecular weight is 391 g/mol. The van der Waals surface area contributed by atoms with E-state index in [9.17, 15) is 4.39 Å². The predicted octanol–water partition coefficient (Wildman–Crippen LogP) is 5.89. The molecular formula is C16H18BrClFNS. The summed E-state index contributed by atoms with van der Waals surface area (Å²) < 4.78 is 15.2. The first-order valence-corrected chi connectivity index (χ1v) is 8.93. The summed E-state index contributed by atoms with van der Waals surface area (Å²) in [5.41, 5.74) is 1.91. The van der Waals surface area contributed by atoms with Crippen molar-refractivity contribution < 1.29 is 4.39 Å². The third kappa shape index (κ3) is 4.52. The largest absolute Gasteiger partial charge is 0.309 e. The Hall–Kier alpha value is -0.420. The first-order valence-electron chi connectivity index (χ1n) is 6.94. The normalized spacial score (nSPS) is 12.6. The summed E-state index contributed by atoms with van der Waals surface area (Å²) >= 11 is 11.1. The molecule has 21 heavy (non-hydrogen) atoms. The summed E-state index contributed by atoms with van der Waals surface area (Å²) in [6.45, 7) is 5.11. The summed E-state index contributed by atoms with van der Waals surface area (Å²) in [4.78, 5) is 1.22. The van der Waals surface area contributed by atoms with Gasteiger partial charge in [0.25, 0.3) is 0 Å². The zero-order valence-corrected chi connectivity index (χ0v) is 15.2. The van der Waals surface area contributed by atoms with E-state index in [-0.39, 0.29) is 11.9 Å². The number of thiophene rings is 1. The van der Waals surface area contributed by atoms with Crippen LogP contribution in [0.3, 0.4) is 0 Å². The molecule has 2 rings (SSSR count). The van der Waals surface area contributed by atoms with Crippen LogP contribution in [0.25, 0.3) is 0 Å². The van der Waals surface area contributed by atoms with Crippen molar-refractivity contribution in [3.63, 3.8) is 0 Å². The molecule has 0 spiro atoms. The maximum Gasteiger partial charge on any atom is 0.127 e. The Balaban J connectivity index is 2.23. The van der Waals surface area contributed by atoms with E-state index in [2.05, 4.69) is 41.2 Å². The van der Waals surface area contributed by atoms with Gasteiger partial charge in [-0.1, -0.05) is 24.6 Å². The van der Waals surface area contributed by atoms with Crippen molar-refractivity contribution in [1.82, 2.24) is 5.32 Å². The van der Waals surface area contributed by atoms with Crippen LogP contribution in [0.4, 0.5) is 4.39 Å². The van der Waals surface area contributed by atoms with Crippen molar-refractivity contribution in [3.05, 3.63) is 54.9 Å². The molecule has 0 fully saturated rings. The Morgan fingerprint density at radius 3 is 2.71 bits per heavy atom. The maximum atomic E-state index is 14.0. The summed E-state index contributed by atoms with van der Waals surface area (Å²) in [7, 11) is 0. The van der Waals surface area contributed by atoms with Gasteiger partial charge in [-0.25, -0.2) is 4.39 Å². The van der Waals surface area contributed by atoms with Crippen LogP contribution in [0.5, 0.6) is 0 Å². The number of nitrogens with one attached hydrogen (secondary N) is 1. The lowest BCUT2D eigenvalue weighted by Crippen LogP contribution is -2.23. The van der Waals surface area contributed by atoms with Crippen molar-refractivity contribution >= 4 is 38.9 Å². The minimum atomic E-state index is -0.238.